The third kappa shape index (κ3) is 4.36. The van der Waals surface area contributed by atoms with Gasteiger partial charge in [-0.3, -0.25) is 14.3 Å². The standard InChI is InChI=1S/C12H19N3O4/c1-4-15-7-9(6-13-15)11(18)14-12(2,8-19-3)5-10(16)17/h6-7H,4-5,8H2,1-3H3,(H,14,18)(H,16,17). The van der Waals surface area contributed by atoms with Gasteiger partial charge in [0, 0.05) is 19.9 Å². The van der Waals surface area contributed by atoms with Crippen molar-refractivity contribution in [1.82, 2.24) is 15.1 Å². The fraction of sp³-hybridized carbons (Fsp3) is 0.583. The van der Waals surface area contributed by atoms with Gasteiger partial charge in [-0.05, 0) is 13.8 Å². The topological polar surface area (TPSA) is 93.5 Å². The Balaban J connectivity index is 2.78. The molecule has 2 N–H and O–H groups in total. The number of amides is 1. The fourth-order valence-electron chi connectivity index (χ4n) is 1.78. The van der Waals surface area contributed by atoms with E-state index in [1.54, 1.807) is 17.8 Å². The third-order valence-corrected chi connectivity index (χ3v) is 2.64. The van der Waals surface area contributed by atoms with Crippen LogP contribution in [0, 0.1) is 0 Å². The predicted molar refractivity (Wildman–Crippen MR) is 67.9 cm³/mol. The number of carboxylic acids is 1. The first kappa shape index (κ1) is 15.2. The van der Waals surface area contributed by atoms with Crippen LogP contribution in [0.1, 0.15) is 30.6 Å². The number of aromatic nitrogens is 2. The van der Waals surface area contributed by atoms with Crippen LogP contribution >= 0.6 is 0 Å². The first-order chi connectivity index (χ1) is 8.90. The zero-order chi connectivity index (χ0) is 14.5. The minimum absolute atomic E-state index is 0.118. The molecule has 0 aliphatic rings. The van der Waals surface area contributed by atoms with Gasteiger partial charge in [0.1, 0.15) is 0 Å². The van der Waals surface area contributed by atoms with Crippen molar-refractivity contribution >= 4 is 11.9 Å². The van der Waals surface area contributed by atoms with Crippen LogP contribution in [-0.2, 0) is 16.1 Å². The van der Waals surface area contributed by atoms with E-state index in [1.165, 1.54) is 13.3 Å². The Kier molecular flexibility index (Phi) is 5.05. The summed E-state index contributed by atoms with van der Waals surface area (Å²) >= 11 is 0. The van der Waals surface area contributed by atoms with Crippen molar-refractivity contribution in [3.63, 3.8) is 0 Å². The minimum Gasteiger partial charge on any atom is -0.481 e. The molecule has 1 aromatic rings. The minimum atomic E-state index is -0.996. The monoisotopic (exact) mass is 269 g/mol. The highest BCUT2D eigenvalue weighted by molar-refractivity contribution is 5.94. The number of aryl methyl sites for hydroxylation is 1. The Morgan fingerprint density at radius 2 is 2.26 bits per heavy atom. The lowest BCUT2D eigenvalue weighted by molar-refractivity contribution is -0.139. The highest BCUT2D eigenvalue weighted by Crippen LogP contribution is 2.12. The van der Waals surface area contributed by atoms with Crippen LogP contribution in [0.3, 0.4) is 0 Å². The van der Waals surface area contributed by atoms with Crippen molar-refractivity contribution in [2.75, 3.05) is 13.7 Å². The van der Waals surface area contributed by atoms with E-state index >= 15 is 0 Å². The molecule has 0 aliphatic heterocycles. The SMILES string of the molecule is CCn1cc(C(=O)NC(C)(COC)CC(=O)O)cn1. The van der Waals surface area contributed by atoms with Crippen LogP contribution in [-0.4, -0.2) is 46.0 Å². The highest BCUT2D eigenvalue weighted by atomic mass is 16.5. The van der Waals surface area contributed by atoms with Gasteiger partial charge in [-0.1, -0.05) is 0 Å². The average Bonchev–Trinajstić information content (AvgIpc) is 2.76. The Labute approximate surface area is 111 Å². The predicted octanol–water partition coefficient (Wildman–Crippen LogP) is 0.513. The second kappa shape index (κ2) is 6.33. The van der Waals surface area contributed by atoms with E-state index in [2.05, 4.69) is 10.4 Å². The maximum Gasteiger partial charge on any atom is 0.305 e. The molecule has 106 valence electrons. The number of ether oxygens (including phenoxy) is 1. The Morgan fingerprint density at radius 3 is 2.74 bits per heavy atom. The normalized spacial score (nSPS) is 13.8. The van der Waals surface area contributed by atoms with Crippen molar-refractivity contribution in [1.29, 1.82) is 0 Å². The number of carbonyl (C=O) groups excluding carboxylic acids is 1. The molecule has 1 heterocycles. The molecule has 0 aromatic carbocycles. The number of nitrogens with one attached hydrogen (secondary N) is 1. The maximum absolute atomic E-state index is 12.0. The van der Waals surface area contributed by atoms with Crippen LogP contribution in [0.5, 0.6) is 0 Å². The highest BCUT2D eigenvalue weighted by Gasteiger charge is 2.30. The van der Waals surface area contributed by atoms with Crippen LogP contribution < -0.4 is 5.32 Å². The number of aliphatic carboxylic acids is 1. The number of nitrogens with zero attached hydrogens (tertiary/aromatic N) is 2. The molecule has 0 aliphatic carbocycles. The third-order valence-electron chi connectivity index (χ3n) is 2.64. The molecule has 1 rings (SSSR count). The molecular weight excluding hydrogens is 250 g/mol. The lowest BCUT2D eigenvalue weighted by Crippen LogP contribution is -2.50. The number of methoxy groups -OCH3 is 1. The molecule has 7 heteroatoms. The van der Waals surface area contributed by atoms with Gasteiger partial charge in [0.15, 0.2) is 0 Å². The van der Waals surface area contributed by atoms with E-state index < -0.39 is 11.5 Å². The summed E-state index contributed by atoms with van der Waals surface area (Å²) in [7, 11) is 1.46. The molecular formula is C12H19N3O4. The summed E-state index contributed by atoms with van der Waals surface area (Å²) in [5, 5.41) is 15.6. The summed E-state index contributed by atoms with van der Waals surface area (Å²) in [5.41, 5.74) is -0.555. The van der Waals surface area contributed by atoms with E-state index in [-0.39, 0.29) is 18.9 Å². The first-order valence-corrected chi connectivity index (χ1v) is 5.96. The van der Waals surface area contributed by atoms with Gasteiger partial charge >= 0.3 is 5.97 Å². The Bertz CT molecular complexity index is 458. The van der Waals surface area contributed by atoms with Crippen LogP contribution in [0.4, 0.5) is 0 Å². The van der Waals surface area contributed by atoms with Crippen LogP contribution in [0.15, 0.2) is 12.4 Å². The number of carbonyl (C=O) groups is 2. The number of carboxylic acid groups (broad SMARTS) is 1. The first-order valence-electron chi connectivity index (χ1n) is 5.96. The number of hydrogen-bond acceptors (Lipinski definition) is 4. The smallest absolute Gasteiger partial charge is 0.305 e. The van der Waals surface area contributed by atoms with Gasteiger partial charge in [-0.25, -0.2) is 0 Å². The van der Waals surface area contributed by atoms with E-state index in [9.17, 15) is 9.59 Å². The largest absolute Gasteiger partial charge is 0.481 e. The molecule has 0 bridgehead atoms. The molecule has 0 saturated carbocycles. The van der Waals surface area contributed by atoms with Gasteiger partial charge in [-0.15, -0.1) is 0 Å². The summed E-state index contributed by atoms with van der Waals surface area (Å²) in [5.74, 6) is -1.36. The van der Waals surface area contributed by atoms with Gasteiger partial charge in [0.05, 0.1) is 30.3 Å². The van der Waals surface area contributed by atoms with Crippen molar-refractivity contribution < 1.29 is 19.4 Å². The van der Waals surface area contributed by atoms with E-state index in [4.69, 9.17) is 9.84 Å². The van der Waals surface area contributed by atoms with Crippen molar-refractivity contribution in [3.8, 4) is 0 Å². The van der Waals surface area contributed by atoms with Crippen LogP contribution in [0.2, 0.25) is 0 Å². The maximum atomic E-state index is 12.0. The van der Waals surface area contributed by atoms with Gasteiger partial charge in [0.2, 0.25) is 0 Å². The number of hydrogen-bond donors (Lipinski definition) is 2. The molecule has 0 spiro atoms. The summed E-state index contributed by atoms with van der Waals surface area (Å²) in [6.07, 6.45) is 2.85. The van der Waals surface area contributed by atoms with E-state index in [1.807, 2.05) is 6.92 Å². The Morgan fingerprint density at radius 1 is 1.58 bits per heavy atom. The number of rotatable bonds is 7. The quantitative estimate of drug-likeness (QED) is 0.752. The summed E-state index contributed by atoms with van der Waals surface area (Å²) in [4.78, 5) is 22.9. The van der Waals surface area contributed by atoms with E-state index in [0.29, 0.717) is 12.1 Å². The van der Waals surface area contributed by atoms with Gasteiger partial charge in [0.25, 0.3) is 5.91 Å². The van der Waals surface area contributed by atoms with Crippen molar-refractivity contribution in [3.05, 3.63) is 18.0 Å². The summed E-state index contributed by atoms with van der Waals surface area (Å²) in [6, 6.07) is 0. The summed E-state index contributed by atoms with van der Waals surface area (Å²) < 4.78 is 6.60. The van der Waals surface area contributed by atoms with E-state index in [0.717, 1.165) is 0 Å². The lowest BCUT2D eigenvalue weighted by atomic mass is 9.98. The van der Waals surface area contributed by atoms with Gasteiger partial charge in [-0.2, -0.15) is 5.10 Å². The fourth-order valence-corrected chi connectivity index (χ4v) is 1.78. The molecule has 1 atom stereocenters. The molecule has 0 fully saturated rings. The molecule has 7 nitrogen and oxygen atoms in total. The molecule has 0 saturated heterocycles. The summed E-state index contributed by atoms with van der Waals surface area (Å²) in [6.45, 7) is 4.33. The van der Waals surface area contributed by atoms with Crippen molar-refractivity contribution in [2.24, 2.45) is 0 Å². The molecule has 1 aromatic heterocycles. The molecule has 1 unspecified atom stereocenters. The zero-order valence-corrected chi connectivity index (χ0v) is 11.3. The second-order valence-corrected chi connectivity index (χ2v) is 4.60. The molecule has 1 amide bonds. The lowest BCUT2D eigenvalue weighted by Gasteiger charge is -2.28. The van der Waals surface area contributed by atoms with Crippen LogP contribution in [0.25, 0.3) is 0 Å². The molecule has 19 heavy (non-hydrogen) atoms. The average molecular weight is 269 g/mol. The molecule has 0 radical (unpaired) electrons. The van der Waals surface area contributed by atoms with Crippen molar-refractivity contribution in [2.45, 2.75) is 32.4 Å². The zero-order valence-electron chi connectivity index (χ0n) is 11.3. The second-order valence-electron chi connectivity index (χ2n) is 4.60. The Hall–Kier alpha value is -1.89. The van der Waals surface area contributed by atoms with Gasteiger partial charge < -0.3 is 15.2 Å².